The van der Waals surface area contributed by atoms with Crippen molar-refractivity contribution in [1.29, 1.82) is 0 Å². The molecule has 1 heterocycles. The molecule has 0 saturated heterocycles. The van der Waals surface area contributed by atoms with Crippen LogP contribution >= 0.6 is 11.6 Å². The third kappa shape index (κ3) is 7.00. The lowest BCUT2D eigenvalue weighted by atomic mass is 9.63. The van der Waals surface area contributed by atoms with E-state index in [2.05, 4.69) is 50.0 Å². The second-order valence-electron chi connectivity index (χ2n) is 15.2. The van der Waals surface area contributed by atoms with Gasteiger partial charge in [0.25, 0.3) is 5.91 Å². The van der Waals surface area contributed by atoms with Gasteiger partial charge < -0.3 is 15.0 Å². The number of rotatable bonds is 8. The number of halogens is 1. The van der Waals surface area contributed by atoms with Gasteiger partial charge in [0.05, 0.1) is 0 Å². The fourth-order valence-electron chi connectivity index (χ4n) is 7.55. The van der Waals surface area contributed by atoms with Crippen LogP contribution in [0.2, 0.25) is 5.02 Å². The van der Waals surface area contributed by atoms with Crippen LogP contribution in [0.25, 0.3) is 0 Å². The van der Waals surface area contributed by atoms with Crippen LogP contribution < -0.4 is 10.1 Å². The van der Waals surface area contributed by atoms with Crippen molar-refractivity contribution >= 4 is 34.8 Å². The normalized spacial score (nSPS) is 18.9. The first kappa shape index (κ1) is 33.7. The van der Waals surface area contributed by atoms with Crippen molar-refractivity contribution in [3.8, 4) is 5.75 Å². The van der Waals surface area contributed by atoms with Crippen LogP contribution in [0, 0.1) is 24.7 Å². The Morgan fingerprint density at radius 1 is 0.833 bits per heavy atom. The lowest BCUT2D eigenvalue weighted by molar-refractivity contribution is -0.120. The maximum Gasteiger partial charge on any atom is 0.262 e. The molecule has 3 aromatic carbocycles. The number of carbonyl (C=O) groups excluding carboxylic acids is 3. The average Bonchev–Trinajstić information content (AvgIpc) is 3.00. The number of hydrogen-bond acceptors (Lipinski definition) is 5. The number of nitrogens with zero attached hydrogens (tertiary/aromatic N) is 1. The second-order valence-corrected chi connectivity index (χ2v) is 15.7. The largest absolute Gasteiger partial charge is 0.483 e. The van der Waals surface area contributed by atoms with Gasteiger partial charge in [0.15, 0.2) is 18.2 Å². The van der Waals surface area contributed by atoms with E-state index in [-0.39, 0.29) is 34.9 Å². The minimum atomic E-state index is -0.633. The van der Waals surface area contributed by atoms with Gasteiger partial charge in [-0.3, -0.25) is 14.4 Å². The second kappa shape index (κ2) is 13.0. The Morgan fingerprint density at radius 3 is 2.06 bits per heavy atom. The van der Waals surface area contributed by atoms with E-state index in [0.717, 1.165) is 28.9 Å². The van der Waals surface area contributed by atoms with Gasteiger partial charge in [0.2, 0.25) is 0 Å². The molecule has 0 radical (unpaired) electrons. The highest BCUT2D eigenvalue weighted by Gasteiger charge is 2.49. The molecule has 7 heteroatoms. The Balaban J connectivity index is 1.43. The van der Waals surface area contributed by atoms with Gasteiger partial charge in [-0.25, -0.2) is 0 Å². The molecule has 1 amide bonds. The van der Waals surface area contributed by atoms with Gasteiger partial charge in [-0.1, -0.05) is 75.7 Å². The molecule has 6 rings (SSSR count). The minimum Gasteiger partial charge on any atom is -0.483 e. The number of benzene rings is 3. The van der Waals surface area contributed by atoms with Gasteiger partial charge >= 0.3 is 0 Å². The zero-order chi connectivity index (χ0) is 34.4. The minimum absolute atomic E-state index is 0.0403. The fourth-order valence-corrected chi connectivity index (χ4v) is 7.73. The Labute approximate surface area is 289 Å². The molecular weight excluding hydrogens is 620 g/mol. The van der Waals surface area contributed by atoms with Crippen LogP contribution in [0.4, 0.5) is 5.69 Å². The highest BCUT2D eigenvalue weighted by molar-refractivity contribution is 6.30. The van der Waals surface area contributed by atoms with E-state index in [1.165, 1.54) is 5.56 Å². The van der Waals surface area contributed by atoms with Crippen molar-refractivity contribution < 1.29 is 19.1 Å². The predicted molar refractivity (Wildman–Crippen MR) is 191 cm³/mol. The number of nitrogens with one attached hydrogen (secondary N) is 1. The highest BCUT2D eigenvalue weighted by Crippen LogP contribution is 2.55. The molecule has 250 valence electrons. The van der Waals surface area contributed by atoms with Gasteiger partial charge in [0, 0.05) is 64.1 Å². The number of anilines is 1. The van der Waals surface area contributed by atoms with E-state index < -0.39 is 5.92 Å². The van der Waals surface area contributed by atoms with Crippen molar-refractivity contribution in [3.05, 3.63) is 117 Å². The van der Waals surface area contributed by atoms with Crippen molar-refractivity contribution in [2.45, 2.75) is 79.6 Å². The summed E-state index contributed by atoms with van der Waals surface area (Å²) in [5.74, 6) is -0.421. The molecule has 0 fully saturated rings. The van der Waals surface area contributed by atoms with Crippen molar-refractivity contribution in [2.24, 2.45) is 10.8 Å². The quantitative estimate of drug-likeness (QED) is 0.260. The van der Waals surface area contributed by atoms with Crippen molar-refractivity contribution in [3.63, 3.8) is 0 Å². The first-order valence-electron chi connectivity index (χ1n) is 16.8. The molecule has 1 aliphatic heterocycles. The van der Waals surface area contributed by atoms with Gasteiger partial charge in [0.1, 0.15) is 5.75 Å². The van der Waals surface area contributed by atoms with Crippen LogP contribution in [0.5, 0.6) is 5.75 Å². The van der Waals surface area contributed by atoms with Gasteiger partial charge in [-0.15, -0.1) is 0 Å². The molecule has 3 aliphatic rings. The lowest BCUT2D eigenvalue weighted by Gasteiger charge is -2.49. The fraction of sp³-hybridized carbons (Fsp3) is 0.390. The lowest BCUT2D eigenvalue weighted by Crippen LogP contribution is -2.45. The number of carbonyl (C=O) groups is 3. The zero-order valence-electron chi connectivity index (χ0n) is 28.8. The molecule has 0 bridgehead atoms. The summed E-state index contributed by atoms with van der Waals surface area (Å²) in [6, 6.07) is 21.4. The Hall–Kier alpha value is -4.16. The summed E-state index contributed by atoms with van der Waals surface area (Å²) in [5.41, 5.74) is 7.57. The molecule has 0 atom stereocenters. The summed E-state index contributed by atoms with van der Waals surface area (Å²) < 4.78 is 6.23. The van der Waals surface area contributed by atoms with Crippen molar-refractivity contribution in [1.82, 2.24) is 4.90 Å². The standard InChI is InChI=1S/C41H45ClN2O4/c1-25-12-14-29(18-26(25)2)43-36(47)24-48-35-15-13-28(42)19-30(35)37-38-31(20-40(3,4)22-33(38)45)44(17-16-27-10-8-7-9-11-27)32-21-41(5,6)23-34(46)39(32)37/h7-15,18-19,37H,16-17,20-24H2,1-6H3,(H,43,47). The van der Waals surface area contributed by atoms with Crippen molar-refractivity contribution in [2.75, 3.05) is 18.5 Å². The third-order valence-electron chi connectivity index (χ3n) is 9.92. The molecule has 1 N–H and O–H groups in total. The summed E-state index contributed by atoms with van der Waals surface area (Å²) in [4.78, 5) is 44.0. The summed E-state index contributed by atoms with van der Waals surface area (Å²) in [7, 11) is 0. The summed E-state index contributed by atoms with van der Waals surface area (Å²) in [6.07, 6.45) is 2.96. The number of Topliss-reactive ketones (excluding diaryl/α,β-unsaturated/α-hetero) is 2. The molecule has 2 aliphatic carbocycles. The number of ether oxygens (including phenoxy) is 1. The van der Waals surface area contributed by atoms with Crippen LogP contribution in [0.15, 0.2) is 89.3 Å². The number of allylic oxidation sites excluding steroid dienone is 4. The highest BCUT2D eigenvalue weighted by atomic mass is 35.5. The number of hydrogen-bond donors (Lipinski definition) is 1. The van der Waals surface area contributed by atoms with Crippen LogP contribution in [0.1, 0.15) is 81.5 Å². The third-order valence-corrected chi connectivity index (χ3v) is 10.2. The van der Waals surface area contributed by atoms with Gasteiger partial charge in [-0.2, -0.15) is 0 Å². The molecule has 0 unspecified atom stereocenters. The van der Waals surface area contributed by atoms with Gasteiger partial charge in [-0.05, 0) is 91.0 Å². The molecular formula is C41H45ClN2O4. The Bertz CT molecular complexity index is 1800. The van der Waals surface area contributed by atoms with E-state index in [4.69, 9.17) is 16.3 Å². The molecule has 0 saturated carbocycles. The summed E-state index contributed by atoms with van der Waals surface area (Å²) >= 11 is 6.65. The average molecular weight is 665 g/mol. The first-order valence-corrected chi connectivity index (χ1v) is 17.2. The number of ketones is 2. The Kier molecular flexibility index (Phi) is 9.16. The first-order chi connectivity index (χ1) is 22.7. The maximum absolute atomic E-state index is 14.3. The van der Waals surface area contributed by atoms with E-state index >= 15 is 0 Å². The van der Waals surface area contributed by atoms with Crippen LogP contribution in [-0.2, 0) is 20.8 Å². The molecule has 48 heavy (non-hydrogen) atoms. The van der Waals surface area contributed by atoms with E-state index in [0.29, 0.717) is 65.4 Å². The van der Waals surface area contributed by atoms with E-state index in [9.17, 15) is 14.4 Å². The molecule has 0 aromatic heterocycles. The van der Waals surface area contributed by atoms with E-state index in [1.807, 2.05) is 50.2 Å². The molecule has 0 spiro atoms. The topological polar surface area (TPSA) is 75.7 Å². The summed E-state index contributed by atoms with van der Waals surface area (Å²) in [5, 5.41) is 3.40. The molecule has 3 aromatic rings. The monoisotopic (exact) mass is 664 g/mol. The predicted octanol–water partition coefficient (Wildman–Crippen LogP) is 8.90. The van der Waals surface area contributed by atoms with Crippen LogP contribution in [0.3, 0.4) is 0 Å². The zero-order valence-corrected chi connectivity index (χ0v) is 29.6. The maximum atomic E-state index is 14.3. The Morgan fingerprint density at radius 2 is 1.46 bits per heavy atom. The number of aryl methyl sites for hydroxylation is 2. The number of amides is 1. The smallest absolute Gasteiger partial charge is 0.262 e. The van der Waals surface area contributed by atoms with E-state index in [1.54, 1.807) is 18.2 Å². The summed E-state index contributed by atoms with van der Waals surface area (Å²) in [6.45, 7) is 13.0. The molecule has 6 nitrogen and oxygen atoms in total. The van der Waals surface area contributed by atoms with Crippen LogP contribution in [-0.4, -0.2) is 35.5 Å². The SMILES string of the molecule is Cc1ccc(NC(=O)COc2ccc(Cl)cc2C2C3=C(CC(C)(C)CC3=O)N(CCc3ccccc3)C3=C2C(=O)CC(C)(C)C3)cc1C.